The average Bonchev–Trinajstić information content (AvgIpc) is 2.22. The average molecular weight is 234 g/mol. The summed E-state index contributed by atoms with van der Waals surface area (Å²) in [5.74, 6) is 0.238. The summed E-state index contributed by atoms with van der Waals surface area (Å²) >= 11 is 1.62. The van der Waals surface area contributed by atoms with Crippen molar-refractivity contribution in [3.63, 3.8) is 0 Å². The summed E-state index contributed by atoms with van der Waals surface area (Å²) in [6.45, 7) is 1.92. The Labute approximate surface area is 99.2 Å². The molecule has 84 valence electrons. The van der Waals surface area contributed by atoms with Gasteiger partial charge in [0, 0.05) is 16.0 Å². The molecule has 1 aromatic carbocycles. The van der Waals surface area contributed by atoms with Crippen LogP contribution in [-0.4, -0.2) is 28.5 Å². The number of pyridine rings is 1. The Hall–Kier alpha value is -1.26. The van der Waals surface area contributed by atoms with E-state index in [1.54, 1.807) is 18.0 Å². The van der Waals surface area contributed by atoms with Crippen LogP contribution in [0.25, 0.3) is 10.9 Å². The summed E-state index contributed by atoms with van der Waals surface area (Å²) in [5.41, 5.74) is 1.58. The number of rotatable bonds is 2. The molecule has 2 rings (SSSR count). The number of hydrogen-bond donors (Lipinski definition) is 1. The Morgan fingerprint density at radius 3 is 2.62 bits per heavy atom. The number of aromatic hydroxyl groups is 1. The van der Waals surface area contributed by atoms with Crippen molar-refractivity contribution in [1.82, 2.24) is 9.29 Å². The van der Waals surface area contributed by atoms with Crippen molar-refractivity contribution in [2.75, 3.05) is 14.1 Å². The van der Waals surface area contributed by atoms with Crippen LogP contribution in [0.2, 0.25) is 0 Å². The summed E-state index contributed by atoms with van der Waals surface area (Å²) in [5, 5.41) is 10.8. The van der Waals surface area contributed by atoms with Crippen molar-refractivity contribution in [2.45, 2.75) is 11.8 Å². The van der Waals surface area contributed by atoms with Crippen LogP contribution in [0, 0.1) is 6.92 Å². The van der Waals surface area contributed by atoms with Gasteiger partial charge in [-0.2, -0.15) is 0 Å². The zero-order valence-electron chi connectivity index (χ0n) is 9.56. The lowest BCUT2D eigenvalue weighted by molar-refractivity contribution is 0.480. The normalized spacial score (nSPS) is 11.2. The van der Waals surface area contributed by atoms with Gasteiger partial charge in [0.2, 0.25) is 0 Å². The summed E-state index contributed by atoms with van der Waals surface area (Å²) in [7, 11) is 3.98. The molecule has 0 saturated heterocycles. The van der Waals surface area contributed by atoms with E-state index in [1.165, 1.54) is 0 Å². The summed E-state index contributed by atoms with van der Waals surface area (Å²) in [6, 6.07) is 7.57. The van der Waals surface area contributed by atoms with Gasteiger partial charge >= 0.3 is 0 Å². The predicted molar refractivity (Wildman–Crippen MR) is 67.7 cm³/mol. The van der Waals surface area contributed by atoms with E-state index >= 15 is 0 Å². The molecular weight excluding hydrogens is 220 g/mol. The van der Waals surface area contributed by atoms with Crippen LogP contribution in [-0.2, 0) is 0 Å². The van der Waals surface area contributed by atoms with Gasteiger partial charge < -0.3 is 5.11 Å². The number of hydrogen-bond acceptors (Lipinski definition) is 4. The maximum absolute atomic E-state index is 9.77. The fraction of sp³-hybridized carbons (Fsp3) is 0.250. The minimum absolute atomic E-state index is 0.238. The molecule has 0 saturated carbocycles. The van der Waals surface area contributed by atoms with E-state index in [1.807, 2.05) is 43.5 Å². The smallest absolute Gasteiger partial charge is 0.141 e. The van der Waals surface area contributed by atoms with Gasteiger partial charge in [0.1, 0.15) is 11.3 Å². The number of phenolic OH excluding ortho intramolecular Hbond substituents is 1. The molecule has 1 aromatic heterocycles. The number of nitrogens with zero attached hydrogens (tertiary/aromatic N) is 2. The van der Waals surface area contributed by atoms with Gasteiger partial charge in [-0.1, -0.05) is 0 Å². The molecule has 0 aliphatic heterocycles. The Bertz CT molecular complexity index is 526. The van der Waals surface area contributed by atoms with Crippen LogP contribution < -0.4 is 0 Å². The lowest BCUT2D eigenvalue weighted by Crippen LogP contribution is -1.99. The summed E-state index contributed by atoms with van der Waals surface area (Å²) in [4.78, 5) is 5.46. The second-order valence-electron chi connectivity index (χ2n) is 3.84. The molecule has 0 aliphatic carbocycles. The highest BCUT2D eigenvalue weighted by molar-refractivity contribution is 7.97. The number of benzene rings is 1. The van der Waals surface area contributed by atoms with Crippen molar-refractivity contribution in [1.29, 1.82) is 0 Å². The zero-order chi connectivity index (χ0) is 11.7. The molecule has 0 amide bonds. The third kappa shape index (κ3) is 2.13. The van der Waals surface area contributed by atoms with Crippen molar-refractivity contribution in [2.24, 2.45) is 0 Å². The van der Waals surface area contributed by atoms with E-state index in [0.29, 0.717) is 5.52 Å². The van der Waals surface area contributed by atoms with E-state index in [-0.39, 0.29) is 5.75 Å². The van der Waals surface area contributed by atoms with Gasteiger partial charge in [-0.3, -0.25) is 4.31 Å². The number of fused-ring (bicyclic) bond motifs is 1. The molecule has 0 spiro atoms. The maximum Gasteiger partial charge on any atom is 0.141 e. The lowest BCUT2D eigenvalue weighted by Gasteiger charge is -2.11. The largest absolute Gasteiger partial charge is 0.506 e. The van der Waals surface area contributed by atoms with Crippen molar-refractivity contribution >= 4 is 22.9 Å². The van der Waals surface area contributed by atoms with Gasteiger partial charge in [-0.25, -0.2) is 4.98 Å². The molecule has 0 fully saturated rings. The highest BCUT2D eigenvalue weighted by atomic mass is 32.2. The van der Waals surface area contributed by atoms with Gasteiger partial charge in [0.15, 0.2) is 0 Å². The maximum atomic E-state index is 9.77. The van der Waals surface area contributed by atoms with Crippen molar-refractivity contribution in [3.8, 4) is 5.75 Å². The molecule has 0 radical (unpaired) electrons. The Balaban J connectivity index is 2.64. The third-order valence-corrected chi connectivity index (χ3v) is 3.13. The molecule has 1 heterocycles. The molecule has 0 aliphatic rings. The second-order valence-corrected chi connectivity index (χ2v) is 5.19. The highest BCUT2D eigenvalue weighted by Gasteiger charge is 2.08. The van der Waals surface area contributed by atoms with Crippen LogP contribution in [0.5, 0.6) is 5.75 Å². The first-order chi connectivity index (χ1) is 7.58. The quantitative estimate of drug-likeness (QED) is 0.811. The van der Waals surface area contributed by atoms with Gasteiger partial charge in [0.25, 0.3) is 0 Å². The predicted octanol–water partition coefficient (Wildman–Crippen LogP) is 2.82. The molecule has 4 heteroatoms. The zero-order valence-corrected chi connectivity index (χ0v) is 10.4. The van der Waals surface area contributed by atoms with E-state index < -0.39 is 0 Å². The third-order valence-electron chi connectivity index (χ3n) is 2.22. The van der Waals surface area contributed by atoms with Gasteiger partial charge in [-0.15, -0.1) is 0 Å². The topological polar surface area (TPSA) is 36.4 Å². The molecule has 16 heavy (non-hydrogen) atoms. The Morgan fingerprint density at radius 2 is 1.94 bits per heavy atom. The first kappa shape index (κ1) is 11.2. The van der Waals surface area contributed by atoms with Crippen LogP contribution in [0.3, 0.4) is 0 Å². The fourth-order valence-electron chi connectivity index (χ4n) is 1.55. The van der Waals surface area contributed by atoms with E-state index in [2.05, 4.69) is 4.98 Å². The molecule has 0 bridgehead atoms. The lowest BCUT2D eigenvalue weighted by atomic mass is 10.2. The first-order valence-electron chi connectivity index (χ1n) is 5.02. The van der Waals surface area contributed by atoms with Crippen LogP contribution in [0.1, 0.15) is 5.69 Å². The summed E-state index contributed by atoms with van der Waals surface area (Å²) in [6.07, 6.45) is 0. The van der Waals surface area contributed by atoms with Crippen LogP contribution >= 0.6 is 11.9 Å². The number of aromatic nitrogens is 1. The monoisotopic (exact) mass is 234 g/mol. The van der Waals surface area contributed by atoms with E-state index in [9.17, 15) is 5.11 Å². The fourth-order valence-corrected chi connectivity index (χ4v) is 2.34. The summed E-state index contributed by atoms with van der Waals surface area (Å²) < 4.78 is 2.02. The molecule has 2 aromatic rings. The number of phenols is 1. The standard InChI is InChI=1S/C12H14N2OS/c1-8-4-5-9-11(16-14(2)3)7-6-10(15)12(9)13-8/h4-7,15H,1-3H3. The first-order valence-corrected chi connectivity index (χ1v) is 5.80. The number of aryl methyl sites for hydroxylation is 1. The molecule has 3 nitrogen and oxygen atoms in total. The second kappa shape index (κ2) is 4.31. The minimum atomic E-state index is 0.238. The Kier molecular flexibility index (Phi) is 3.03. The van der Waals surface area contributed by atoms with Gasteiger partial charge in [0.05, 0.1) is 0 Å². The van der Waals surface area contributed by atoms with Crippen molar-refractivity contribution < 1.29 is 5.11 Å². The van der Waals surface area contributed by atoms with Crippen LogP contribution in [0.4, 0.5) is 0 Å². The molecule has 1 N–H and O–H groups in total. The molecule has 0 atom stereocenters. The highest BCUT2D eigenvalue weighted by Crippen LogP contribution is 2.32. The van der Waals surface area contributed by atoms with E-state index in [4.69, 9.17) is 0 Å². The van der Waals surface area contributed by atoms with E-state index in [0.717, 1.165) is 16.0 Å². The van der Waals surface area contributed by atoms with Gasteiger partial charge in [-0.05, 0) is 57.2 Å². The molecular formula is C12H14N2OS. The Morgan fingerprint density at radius 1 is 1.19 bits per heavy atom. The van der Waals surface area contributed by atoms with Crippen LogP contribution in [0.15, 0.2) is 29.2 Å². The minimum Gasteiger partial charge on any atom is -0.506 e. The SMILES string of the molecule is Cc1ccc2c(SN(C)C)ccc(O)c2n1. The van der Waals surface area contributed by atoms with Crippen molar-refractivity contribution in [3.05, 3.63) is 30.0 Å². The molecule has 0 unspecified atom stereocenters.